The molecular weight excluding hydrogens is 197 g/mol. The van der Waals surface area contributed by atoms with Crippen molar-refractivity contribution in [3.05, 3.63) is 41.9 Å². The van der Waals surface area contributed by atoms with Crippen molar-refractivity contribution in [2.75, 3.05) is 5.32 Å². The number of furan rings is 1. The summed E-state index contributed by atoms with van der Waals surface area (Å²) in [6, 6.07) is 1.88. The van der Waals surface area contributed by atoms with Crippen LogP contribution in [0.2, 0.25) is 0 Å². The van der Waals surface area contributed by atoms with Gasteiger partial charge < -0.3 is 9.73 Å². The Labute approximate surface area is 86.2 Å². The normalized spacial score (nSPS) is 10.3. The maximum absolute atomic E-state index is 12.5. The van der Waals surface area contributed by atoms with Crippen LogP contribution < -0.4 is 5.32 Å². The number of hydrogen-bond acceptors (Lipinski definition) is 4. The summed E-state index contributed by atoms with van der Waals surface area (Å²) in [5.41, 5.74) is 1.06. The SMILES string of the molecule is Cc1ccoc1CNc1ncc(F)cn1. The van der Waals surface area contributed by atoms with E-state index in [0.29, 0.717) is 12.5 Å². The fourth-order valence-corrected chi connectivity index (χ4v) is 1.15. The van der Waals surface area contributed by atoms with Crippen molar-refractivity contribution >= 4 is 5.95 Å². The smallest absolute Gasteiger partial charge is 0.223 e. The standard InChI is InChI=1S/C10H10FN3O/c1-7-2-3-15-9(7)6-14-10-12-4-8(11)5-13-10/h2-5H,6H2,1H3,(H,12,13,14). The number of anilines is 1. The molecule has 1 N–H and O–H groups in total. The quantitative estimate of drug-likeness (QED) is 0.837. The zero-order valence-electron chi connectivity index (χ0n) is 8.20. The molecule has 0 aliphatic rings. The molecule has 0 atom stereocenters. The van der Waals surface area contributed by atoms with Gasteiger partial charge in [-0.1, -0.05) is 0 Å². The molecular formula is C10H10FN3O. The Morgan fingerprint density at radius 2 is 2.13 bits per heavy atom. The molecule has 2 heterocycles. The van der Waals surface area contributed by atoms with E-state index in [2.05, 4.69) is 15.3 Å². The number of aryl methyl sites for hydroxylation is 1. The second-order valence-electron chi connectivity index (χ2n) is 3.11. The third-order valence-electron chi connectivity index (χ3n) is 2.00. The van der Waals surface area contributed by atoms with Crippen LogP contribution in [0.5, 0.6) is 0 Å². The summed E-state index contributed by atoms with van der Waals surface area (Å²) in [5.74, 6) is 0.754. The first-order valence-corrected chi connectivity index (χ1v) is 4.50. The third kappa shape index (κ3) is 2.31. The first-order valence-electron chi connectivity index (χ1n) is 4.50. The molecule has 5 heteroatoms. The molecule has 0 amide bonds. The van der Waals surface area contributed by atoms with Crippen molar-refractivity contribution in [1.29, 1.82) is 0 Å². The van der Waals surface area contributed by atoms with E-state index in [4.69, 9.17) is 4.42 Å². The summed E-state index contributed by atoms with van der Waals surface area (Å²) < 4.78 is 17.7. The van der Waals surface area contributed by atoms with Gasteiger partial charge in [0, 0.05) is 0 Å². The Bertz CT molecular complexity index is 438. The van der Waals surface area contributed by atoms with Gasteiger partial charge in [-0.15, -0.1) is 0 Å². The maximum atomic E-state index is 12.5. The summed E-state index contributed by atoms with van der Waals surface area (Å²) in [4.78, 5) is 7.54. The molecule has 78 valence electrons. The number of aromatic nitrogens is 2. The molecule has 0 aliphatic carbocycles. The fourth-order valence-electron chi connectivity index (χ4n) is 1.15. The van der Waals surface area contributed by atoms with Gasteiger partial charge in [0.2, 0.25) is 5.95 Å². The average Bonchev–Trinajstić information content (AvgIpc) is 2.63. The van der Waals surface area contributed by atoms with Gasteiger partial charge in [0.15, 0.2) is 5.82 Å². The maximum Gasteiger partial charge on any atom is 0.223 e. The summed E-state index contributed by atoms with van der Waals surface area (Å²) in [5, 5.41) is 2.93. The molecule has 0 saturated carbocycles. The molecule has 2 aromatic rings. The summed E-state index contributed by atoms with van der Waals surface area (Å²) in [6.45, 7) is 2.44. The topological polar surface area (TPSA) is 51.0 Å². The lowest BCUT2D eigenvalue weighted by atomic mass is 10.3. The van der Waals surface area contributed by atoms with E-state index in [1.807, 2.05) is 13.0 Å². The predicted molar refractivity (Wildman–Crippen MR) is 52.8 cm³/mol. The van der Waals surface area contributed by atoms with Crippen LogP contribution in [0.1, 0.15) is 11.3 Å². The monoisotopic (exact) mass is 207 g/mol. The molecule has 15 heavy (non-hydrogen) atoms. The van der Waals surface area contributed by atoms with Gasteiger partial charge in [0.05, 0.1) is 25.2 Å². The molecule has 0 aliphatic heterocycles. The Balaban J connectivity index is 1.99. The van der Waals surface area contributed by atoms with Crippen molar-refractivity contribution in [2.45, 2.75) is 13.5 Å². The van der Waals surface area contributed by atoms with Crippen LogP contribution in [-0.4, -0.2) is 9.97 Å². The highest BCUT2D eigenvalue weighted by molar-refractivity contribution is 5.25. The minimum absolute atomic E-state index is 0.382. The van der Waals surface area contributed by atoms with E-state index in [-0.39, 0.29) is 0 Å². The van der Waals surface area contributed by atoms with Gasteiger partial charge in [-0.05, 0) is 18.6 Å². The average molecular weight is 207 g/mol. The highest BCUT2D eigenvalue weighted by atomic mass is 19.1. The summed E-state index contributed by atoms with van der Waals surface area (Å²) in [7, 11) is 0. The van der Waals surface area contributed by atoms with Crippen LogP contribution in [0, 0.1) is 12.7 Å². The molecule has 0 spiro atoms. The molecule has 2 rings (SSSR count). The number of hydrogen-bond donors (Lipinski definition) is 1. The molecule has 2 aromatic heterocycles. The molecule has 0 radical (unpaired) electrons. The fraction of sp³-hybridized carbons (Fsp3) is 0.200. The van der Waals surface area contributed by atoms with Crippen LogP contribution in [0.4, 0.5) is 10.3 Å². The zero-order valence-corrected chi connectivity index (χ0v) is 8.20. The predicted octanol–water partition coefficient (Wildman–Crippen LogP) is 2.13. The largest absolute Gasteiger partial charge is 0.467 e. The number of halogens is 1. The lowest BCUT2D eigenvalue weighted by Gasteiger charge is -2.02. The van der Waals surface area contributed by atoms with E-state index in [1.165, 1.54) is 0 Å². The Morgan fingerprint density at radius 1 is 1.40 bits per heavy atom. The second-order valence-corrected chi connectivity index (χ2v) is 3.11. The zero-order chi connectivity index (χ0) is 10.7. The molecule has 4 nitrogen and oxygen atoms in total. The molecule has 0 saturated heterocycles. The van der Waals surface area contributed by atoms with Gasteiger partial charge in [0.25, 0.3) is 0 Å². The van der Waals surface area contributed by atoms with Gasteiger partial charge in [-0.3, -0.25) is 0 Å². The second kappa shape index (κ2) is 4.08. The van der Waals surface area contributed by atoms with E-state index >= 15 is 0 Å². The number of nitrogens with one attached hydrogen (secondary N) is 1. The van der Waals surface area contributed by atoms with Crippen molar-refractivity contribution < 1.29 is 8.81 Å². The number of rotatable bonds is 3. The number of nitrogens with zero attached hydrogens (tertiary/aromatic N) is 2. The Morgan fingerprint density at radius 3 is 2.73 bits per heavy atom. The van der Waals surface area contributed by atoms with E-state index in [1.54, 1.807) is 6.26 Å². The van der Waals surface area contributed by atoms with Crippen LogP contribution in [0.15, 0.2) is 29.1 Å². The molecule has 0 aromatic carbocycles. The Hall–Kier alpha value is -1.91. The van der Waals surface area contributed by atoms with Gasteiger partial charge in [-0.25, -0.2) is 14.4 Å². The highest BCUT2D eigenvalue weighted by Crippen LogP contribution is 2.10. The van der Waals surface area contributed by atoms with E-state index in [9.17, 15) is 4.39 Å². The van der Waals surface area contributed by atoms with Crippen molar-refractivity contribution in [3.8, 4) is 0 Å². The molecule has 0 fully saturated rings. The van der Waals surface area contributed by atoms with Crippen molar-refractivity contribution in [3.63, 3.8) is 0 Å². The Kier molecular flexibility index (Phi) is 2.62. The van der Waals surface area contributed by atoms with Gasteiger partial charge in [0.1, 0.15) is 5.76 Å². The van der Waals surface area contributed by atoms with Crippen molar-refractivity contribution in [2.24, 2.45) is 0 Å². The first-order chi connectivity index (χ1) is 7.25. The van der Waals surface area contributed by atoms with Gasteiger partial charge in [-0.2, -0.15) is 0 Å². The van der Waals surface area contributed by atoms with Crippen LogP contribution >= 0.6 is 0 Å². The minimum atomic E-state index is -0.449. The summed E-state index contributed by atoms with van der Waals surface area (Å²) in [6.07, 6.45) is 3.85. The van der Waals surface area contributed by atoms with E-state index in [0.717, 1.165) is 23.7 Å². The van der Waals surface area contributed by atoms with Crippen LogP contribution in [0.3, 0.4) is 0 Å². The van der Waals surface area contributed by atoms with Crippen LogP contribution in [-0.2, 0) is 6.54 Å². The minimum Gasteiger partial charge on any atom is -0.467 e. The lowest BCUT2D eigenvalue weighted by Crippen LogP contribution is -2.03. The first kappa shape index (κ1) is 9.64. The highest BCUT2D eigenvalue weighted by Gasteiger charge is 2.02. The third-order valence-corrected chi connectivity index (χ3v) is 2.00. The van der Waals surface area contributed by atoms with Crippen LogP contribution in [0.25, 0.3) is 0 Å². The lowest BCUT2D eigenvalue weighted by molar-refractivity contribution is 0.514. The van der Waals surface area contributed by atoms with Gasteiger partial charge >= 0.3 is 0 Å². The molecule has 0 bridgehead atoms. The molecule has 0 unspecified atom stereocenters. The van der Waals surface area contributed by atoms with E-state index < -0.39 is 5.82 Å². The summed E-state index contributed by atoms with van der Waals surface area (Å²) >= 11 is 0. The van der Waals surface area contributed by atoms with Crippen molar-refractivity contribution in [1.82, 2.24) is 9.97 Å².